The Balaban J connectivity index is 5.18. The molecule has 0 aromatic rings. The molecule has 5 amide bonds. The second-order valence-electron chi connectivity index (χ2n) is 7.10. The van der Waals surface area contributed by atoms with E-state index in [0.29, 0.717) is 5.75 Å². The number of carbonyl (C=O) groups is 6. The van der Waals surface area contributed by atoms with Crippen LogP contribution in [0.1, 0.15) is 32.1 Å². The Labute approximate surface area is 201 Å². The van der Waals surface area contributed by atoms with Crippen molar-refractivity contribution in [2.75, 3.05) is 17.8 Å². The molecule has 10 N–H and O–H groups in total. The summed E-state index contributed by atoms with van der Waals surface area (Å²) >= 11 is 5.45. The topological polar surface area (TPSA) is 237 Å². The number of primary amides is 2. The normalized spacial score (nSPS) is 14.3. The van der Waals surface area contributed by atoms with Crippen molar-refractivity contribution in [2.45, 2.75) is 56.3 Å². The van der Waals surface area contributed by atoms with Crippen molar-refractivity contribution in [3.8, 4) is 0 Å². The SMILES string of the molecule is CSCCC(NC(=O)C(N)CCC(N)=O)C(=O)NC(CS)C(=O)NC(CCC(N)=O)C(=O)O. The van der Waals surface area contributed by atoms with Crippen LogP contribution in [0.2, 0.25) is 0 Å². The van der Waals surface area contributed by atoms with Crippen LogP contribution >= 0.6 is 24.4 Å². The maximum absolute atomic E-state index is 12.7. The van der Waals surface area contributed by atoms with Crippen LogP contribution in [0.25, 0.3) is 0 Å². The fourth-order valence-electron chi connectivity index (χ4n) is 2.49. The maximum atomic E-state index is 12.7. The first-order chi connectivity index (χ1) is 15.4. The standard InChI is InChI=1S/C18H32N6O7S2/c1-33-7-6-10(22-15(27)9(19)2-4-13(20)25)16(28)24-12(8-32)17(29)23-11(18(30)31)3-5-14(21)26/h9-12,32H,2-8,19H2,1H3,(H2,20,25)(H2,21,26)(H,22,27)(H,23,29)(H,24,28)(H,30,31). The van der Waals surface area contributed by atoms with E-state index in [1.165, 1.54) is 11.8 Å². The number of thiol groups is 1. The highest BCUT2D eigenvalue weighted by molar-refractivity contribution is 7.98. The highest BCUT2D eigenvalue weighted by atomic mass is 32.2. The predicted molar refractivity (Wildman–Crippen MR) is 125 cm³/mol. The number of thioether (sulfide) groups is 1. The number of carboxylic acids is 1. The lowest BCUT2D eigenvalue weighted by atomic mass is 10.1. The minimum absolute atomic E-state index is 0.00157. The number of hydrogen-bond acceptors (Lipinski definition) is 9. The summed E-state index contributed by atoms with van der Waals surface area (Å²) in [6.45, 7) is 0. The van der Waals surface area contributed by atoms with E-state index in [9.17, 15) is 33.9 Å². The number of carboxylic acid groups (broad SMARTS) is 1. The number of rotatable bonds is 17. The average molecular weight is 509 g/mol. The van der Waals surface area contributed by atoms with E-state index in [2.05, 4.69) is 28.6 Å². The van der Waals surface area contributed by atoms with Gasteiger partial charge in [0.2, 0.25) is 29.5 Å². The summed E-state index contributed by atoms with van der Waals surface area (Å²) < 4.78 is 0. The van der Waals surface area contributed by atoms with Crippen LogP contribution in [-0.4, -0.2) is 82.5 Å². The second-order valence-corrected chi connectivity index (χ2v) is 8.45. The van der Waals surface area contributed by atoms with E-state index in [4.69, 9.17) is 17.2 Å². The summed E-state index contributed by atoms with van der Waals surface area (Å²) in [6, 6.07) is -4.70. The largest absolute Gasteiger partial charge is 0.480 e. The van der Waals surface area contributed by atoms with Crippen LogP contribution in [0.4, 0.5) is 0 Å². The average Bonchev–Trinajstić information content (AvgIpc) is 2.74. The molecule has 0 aliphatic rings. The number of carbonyl (C=O) groups excluding carboxylic acids is 5. The molecule has 4 atom stereocenters. The summed E-state index contributed by atoms with van der Waals surface area (Å²) in [5.41, 5.74) is 15.8. The highest BCUT2D eigenvalue weighted by Gasteiger charge is 2.29. The van der Waals surface area contributed by atoms with Gasteiger partial charge in [-0.25, -0.2) is 4.79 Å². The summed E-state index contributed by atoms with van der Waals surface area (Å²) in [7, 11) is 0. The van der Waals surface area contributed by atoms with Gasteiger partial charge in [0.15, 0.2) is 0 Å². The summed E-state index contributed by atoms with van der Waals surface area (Å²) in [5, 5.41) is 16.4. The molecular weight excluding hydrogens is 476 g/mol. The van der Waals surface area contributed by atoms with Gasteiger partial charge in [0, 0.05) is 18.6 Å². The lowest BCUT2D eigenvalue weighted by Crippen LogP contribution is -2.57. The van der Waals surface area contributed by atoms with Crippen LogP contribution in [0.5, 0.6) is 0 Å². The molecule has 0 aliphatic heterocycles. The molecule has 4 unspecified atom stereocenters. The minimum atomic E-state index is -1.39. The molecule has 0 radical (unpaired) electrons. The van der Waals surface area contributed by atoms with Crippen LogP contribution in [0.15, 0.2) is 0 Å². The lowest BCUT2D eigenvalue weighted by Gasteiger charge is -2.24. The molecule has 0 fully saturated rings. The Morgan fingerprint density at radius 3 is 1.79 bits per heavy atom. The molecule has 13 nitrogen and oxygen atoms in total. The third-order valence-corrected chi connectivity index (χ3v) is 5.40. The molecule has 15 heteroatoms. The van der Waals surface area contributed by atoms with Crippen LogP contribution in [-0.2, 0) is 28.8 Å². The van der Waals surface area contributed by atoms with E-state index in [1.54, 1.807) is 6.26 Å². The van der Waals surface area contributed by atoms with Crippen molar-refractivity contribution < 1.29 is 33.9 Å². The quantitative estimate of drug-likeness (QED) is 0.0937. The zero-order valence-electron chi connectivity index (χ0n) is 18.2. The summed E-state index contributed by atoms with van der Waals surface area (Å²) in [5.74, 6) is -4.57. The van der Waals surface area contributed by atoms with Crippen molar-refractivity contribution in [2.24, 2.45) is 17.2 Å². The molecule has 0 bridgehead atoms. The van der Waals surface area contributed by atoms with Gasteiger partial charge in [-0.3, -0.25) is 24.0 Å². The van der Waals surface area contributed by atoms with Crippen LogP contribution in [0, 0.1) is 0 Å². The fourth-order valence-corrected chi connectivity index (χ4v) is 3.22. The van der Waals surface area contributed by atoms with Crippen molar-refractivity contribution >= 4 is 59.9 Å². The molecular formula is C18H32N6O7S2. The Kier molecular flexibility index (Phi) is 14.9. The Bertz CT molecular complexity index is 724. The minimum Gasteiger partial charge on any atom is -0.480 e. The zero-order chi connectivity index (χ0) is 25.6. The molecule has 0 aliphatic carbocycles. The molecule has 0 aromatic heterocycles. The monoisotopic (exact) mass is 508 g/mol. The van der Waals surface area contributed by atoms with E-state index in [1.807, 2.05) is 0 Å². The Morgan fingerprint density at radius 1 is 0.818 bits per heavy atom. The molecule has 0 heterocycles. The fraction of sp³-hybridized carbons (Fsp3) is 0.667. The molecule has 188 valence electrons. The van der Waals surface area contributed by atoms with Gasteiger partial charge in [-0.1, -0.05) is 0 Å². The predicted octanol–water partition coefficient (Wildman–Crippen LogP) is -2.93. The third-order valence-electron chi connectivity index (χ3n) is 4.39. The summed E-state index contributed by atoms with van der Waals surface area (Å²) in [4.78, 5) is 70.6. The second kappa shape index (κ2) is 16.1. The smallest absolute Gasteiger partial charge is 0.326 e. The molecule has 0 saturated carbocycles. The number of nitrogens with one attached hydrogen (secondary N) is 3. The third kappa shape index (κ3) is 12.9. The Hall–Kier alpha value is -2.52. The number of nitrogens with two attached hydrogens (primary N) is 3. The first kappa shape index (κ1) is 30.5. The molecule has 0 rings (SSSR count). The van der Waals surface area contributed by atoms with E-state index < -0.39 is 59.7 Å². The van der Waals surface area contributed by atoms with E-state index in [-0.39, 0.29) is 37.9 Å². The van der Waals surface area contributed by atoms with Crippen molar-refractivity contribution in [1.29, 1.82) is 0 Å². The van der Waals surface area contributed by atoms with Gasteiger partial charge >= 0.3 is 5.97 Å². The maximum Gasteiger partial charge on any atom is 0.326 e. The van der Waals surface area contributed by atoms with Gasteiger partial charge in [-0.2, -0.15) is 24.4 Å². The van der Waals surface area contributed by atoms with Gasteiger partial charge in [-0.05, 0) is 31.3 Å². The van der Waals surface area contributed by atoms with Gasteiger partial charge in [0.25, 0.3) is 0 Å². The summed E-state index contributed by atoms with van der Waals surface area (Å²) in [6.07, 6.45) is 1.45. The molecule has 0 aromatic carbocycles. The zero-order valence-corrected chi connectivity index (χ0v) is 20.0. The number of aliphatic carboxylic acids is 1. The number of amides is 5. The van der Waals surface area contributed by atoms with Crippen molar-refractivity contribution in [3.05, 3.63) is 0 Å². The van der Waals surface area contributed by atoms with Crippen LogP contribution in [0.3, 0.4) is 0 Å². The Morgan fingerprint density at radius 2 is 1.30 bits per heavy atom. The first-order valence-electron chi connectivity index (χ1n) is 9.98. The number of hydrogen-bond donors (Lipinski definition) is 8. The molecule has 0 spiro atoms. The van der Waals surface area contributed by atoms with Gasteiger partial charge < -0.3 is 38.3 Å². The van der Waals surface area contributed by atoms with Crippen molar-refractivity contribution in [1.82, 2.24) is 16.0 Å². The van der Waals surface area contributed by atoms with Gasteiger partial charge in [-0.15, -0.1) is 0 Å². The van der Waals surface area contributed by atoms with Gasteiger partial charge in [0.05, 0.1) is 6.04 Å². The molecule has 0 saturated heterocycles. The van der Waals surface area contributed by atoms with Gasteiger partial charge in [0.1, 0.15) is 18.1 Å². The molecule has 33 heavy (non-hydrogen) atoms. The highest BCUT2D eigenvalue weighted by Crippen LogP contribution is 2.05. The van der Waals surface area contributed by atoms with E-state index >= 15 is 0 Å². The first-order valence-corrected chi connectivity index (χ1v) is 12.0. The van der Waals surface area contributed by atoms with Crippen molar-refractivity contribution in [3.63, 3.8) is 0 Å². The van der Waals surface area contributed by atoms with Crippen LogP contribution < -0.4 is 33.2 Å². The lowest BCUT2D eigenvalue weighted by molar-refractivity contribution is -0.142. The van der Waals surface area contributed by atoms with E-state index in [0.717, 1.165) is 0 Å².